The van der Waals surface area contributed by atoms with Gasteiger partial charge in [0.2, 0.25) is 5.91 Å². The zero-order valence-corrected chi connectivity index (χ0v) is 10.8. The van der Waals surface area contributed by atoms with Gasteiger partial charge in [0.1, 0.15) is 6.54 Å². The van der Waals surface area contributed by atoms with Crippen LogP contribution in [0.3, 0.4) is 0 Å². The van der Waals surface area contributed by atoms with Gasteiger partial charge in [-0.15, -0.1) is 0 Å². The second-order valence-corrected chi connectivity index (χ2v) is 4.67. The Hall–Kier alpha value is -2.04. The lowest BCUT2D eigenvalue weighted by Gasteiger charge is -2.25. The Morgan fingerprint density at radius 3 is 2.32 bits per heavy atom. The Labute approximate surface area is 112 Å². The lowest BCUT2D eigenvalue weighted by Crippen LogP contribution is -2.41. The molecule has 0 bridgehead atoms. The number of para-hydroxylation sites is 1. The quantitative estimate of drug-likeness (QED) is 0.866. The number of rotatable bonds is 5. The molecule has 1 heterocycles. The van der Waals surface area contributed by atoms with Gasteiger partial charge in [0.05, 0.1) is 6.54 Å². The lowest BCUT2D eigenvalue weighted by molar-refractivity contribution is -0.135. The van der Waals surface area contributed by atoms with E-state index in [9.17, 15) is 9.59 Å². The molecule has 0 aromatic heterocycles. The van der Waals surface area contributed by atoms with Gasteiger partial charge in [0, 0.05) is 18.8 Å². The topological polar surface area (TPSA) is 60.9 Å². The second kappa shape index (κ2) is 6.22. The Balaban J connectivity index is 2.05. The number of carboxylic acids is 1. The normalized spacial score (nSPS) is 14.4. The van der Waals surface area contributed by atoms with Crippen LogP contribution in [0.2, 0.25) is 0 Å². The maximum absolute atomic E-state index is 12.1. The zero-order chi connectivity index (χ0) is 13.7. The number of carbonyl (C=O) groups is 2. The van der Waals surface area contributed by atoms with E-state index in [4.69, 9.17) is 5.11 Å². The van der Waals surface area contributed by atoms with Gasteiger partial charge in [-0.1, -0.05) is 18.2 Å². The molecule has 19 heavy (non-hydrogen) atoms. The van der Waals surface area contributed by atoms with Crippen molar-refractivity contribution in [3.8, 4) is 0 Å². The average molecular weight is 262 g/mol. The van der Waals surface area contributed by atoms with E-state index >= 15 is 0 Å². The number of aliphatic carboxylic acids is 1. The van der Waals surface area contributed by atoms with E-state index < -0.39 is 5.97 Å². The van der Waals surface area contributed by atoms with Crippen LogP contribution >= 0.6 is 0 Å². The predicted octanol–water partition coefficient (Wildman–Crippen LogP) is 1.20. The summed E-state index contributed by atoms with van der Waals surface area (Å²) in [5, 5.41) is 8.96. The lowest BCUT2D eigenvalue weighted by atomic mass is 10.2. The first kappa shape index (κ1) is 13.4. The first-order valence-electron chi connectivity index (χ1n) is 6.46. The summed E-state index contributed by atoms with van der Waals surface area (Å²) in [4.78, 5) is 26.4. The largest absolute Gasteiger partial charge is 0.480 e. The number of amides is 1. The third kappa shape index (κ3) is 3.71. The monoisotopic (exact) mass is 262 g/mol. The number of carboxylic acid groups (broad SMARTS) is 1. The van der Waals surface area contributed by atoms with Crippen LogP contribution in [0.5, 0.6) is 0 Å². The summed E-state index contributed by atoms with van der Waals surface area (Å²) in [7, 11) is 0. The molecule has 0 aliphatic carbocycles. The summed E-state index contributed by atoms with van der Waals surface area (Å²) in [6, 6.07) is 9.18. The van der Waals surface area contributed by atoms with Gasteiger partial charge >= 0.3 is 5.97 Å². The molecule has 102 valence electrons. The van der Waals surface area contributed by atoms with E-state index in [1.807, 2.05) is 30.3 Å². The molecule has 0 spiro atoms. The zero-order valence-electron chi connectivity index (χ0n) is 10.8. The summed E-state index contributed by atoms with van der Waals surface area (Å²) < 4.78 is 0. The highest BCUT2D eigenvalue weighted by atomic mass is 16.4. The van der Waals surface area contributed by atoms with E-state index in [1.54, 1.807) is 9.80 Å². The number of likely N-dealkylation sites (tertiary alicyclic amines) is 1. The molecule has 1 aromatic rings. The third-order valence-electron chi connectivity index (χ3n) is 3.23. The Morgan fingerprint density at radius 1 is 1.11 bits per heavy atom. The first-order chi connectivity index (χ1) is 9.16. The van der Waals surface area contributed by atoms with E-state index in [0.717, 1.165) is 31.6 Å². The standard InChI is InChI=1S/C14H18N2O3/c17-13(15-8-4-5-9-15)10-16(11-14(18)19)12-6-2-1-3-7-12/h1-3,6-7H,4-5,8-11H2,(H,18,19). The fraction of sp³-hybridized carbons (Fsp3) is 0.429. The third-order valence-corrected chi connectivity index (χ3v) is 3.23. The van der Waals surface area contributed by atoms with E-state index in [1.165, 1.54) is 0 Å². The molecule has 1 aliphatic rings. The van der Waals surface area contributed by atoms with Crippen molar-refractivity contribution in [3.05, 3.63) is 30.3 Å². The molecule has 1 aliphatic heterocycles. The second-order valence-electron chi connectivity index (χ2n) is 4.67. The molecule has 1 amide bonds. The molecule has 0 atom stereocenters. The van der Waals surface area contributed by atoms with Gasteiger partial charge in [0.25, 0.3) is 0 Å². The summed E-state index contributed by atoms with van der Waals surface area (Å²) in [5.74, 6) is -0.930. The highest BCUT2D eigenvalue weighted by Crippen LogP contribution is 2.14. The van der Waals surface area contributed by atoms with Crippen molar-refractivity contribution in [1.82, 2.24) is 4.90 Å². The SMILES string of the molecule is O=C(O)CN(CC(=O)N1CCCC1)c1ccccc1. The molecule has 2 rings (SSSR count). The number of benzene rings is 1. The number of carbonyl (C=O) groups excluding carboxylic acids is 1. The molecule has 0 radical (unpaired) electrons. The molecule has 1 aromatic carbocycles. The van der Waals surface area contributed by atoms with Crippen LogP contribution in [-0.2, 0) is 9.59 Å². The predicted molar refractivity (Wildman–Crippen MR) is 72.1 cm³/mol. The van der Waals surface area contributed by atoms with Crippen LogP contribution in [0.25, 0.3) is 0 Å². The fourth-order valence-electron chi connectivity index (χ4n) is 2.27. The van der Waals surface area contributed by atoms with Gasteiger partial charge in [-0.3, -0.25) is 9.59 Å². The van der Waals surface area contributed by atoms with Crippen molar-refractivity contribution in [2.45, 2.75) is 12.8 Å². The number of hydrogen-bond donors (Lipinski definition) is 1. The van der Waals surface area contributed by atoms with Crippen molar-refractivity contribution < 1.29 is 14.7 Å². The van der Waals surface area contributed by atoms with Crippen LogP contribution in [-0.4, -0.2) is 48.1 Å². The summed E-state index contributed by atoms with van der Waals surface area (Å²) in [6.07, 6.45) is 2.08. The maximum atomic E-state index is 12.1. The van der Waals surface area contributed by atoms with Gasteiger partial charge in [-0.2, -0.15) is 0 Å². The van der Waals surface area contributed by atoms with Crippen LogP contribution in [0.1, 0.15) is 12.8 Å². The van der Waals surface area contributed by atoms with Gasteiger partial charge in [-0.05, 0) is 25.0 Å². The van der Waals surface area contributed by atoms with E-state index in [0.29, 0.717) is 0 Å². The molecule has 1 fully saturated rings. The Bertz CT molecular complexity index is 441. The number of nitrogens with zero attached hydrogens (tertiary/aromatic N) is 2. The maximum Gasteiger partial charge on any atom is 0.323 e. The first-order valence-corrected chi connectivity index (χ1v) is 6.46. The summed E-state index contributed by atoms with van der Waals surface area (Å²) in [6.45, 7) is 1.53. The minimum atomic E-state index is -0.932. The molecular formula is C14H18N2O3. The van der Waals surface area contributed by atoms with Crippen molar-refractivity contribution in [2.24, 2.45) is 0 Å². The number of anilines is 1. The van der Waals surface area contributed by atoms with Crippen LogP contribution in [0.4, 0.5) is 5.69 Å². The van der Waals surface area contributed by atoms with Gasteiger partial charge in [0.15, 0.2) is 0 Å². The van der Waals surface area contributed by atoms with Crippen LogP contribution in [0.15, 0.2) is 30.3 Å². The van der Waals surface area contributed by atoms with Crippen LogP contribution < -0.4 is 4.90 Å². The van der Waals surface area contributed by atoms with E-state index in [2.05, 4.69) is 0 Å². The smallest absolute Gasteiger partial charge is 0.323 e. The van der Waals surface area contributed by atoms with E-state index in [-0.39, 0.29) is 19.0 Å². The molecule has 1 saturated heterocycles. The fourth-order valence-corrected chi connectivity index (χ4v) is 2.27. The summed E-state index contributed by atoms with van der Waals surface area (Å²) in [5.41, 5.74) is 0.762. The minimum absolute atomic E-state index is 0.00241. The summed E-state index contributed by atoms with van der Waals surface area (Å²) >= 11 is 0. The Kier molecular flexibility index (Phi) is 4.39. The minimum Gasteiger partial charge on any atom is -0.480 e. The van der Waals surface area contributed by atoms with Gasteiger partial charge in [-0.25, -0.2) is 0 Å². The van der Waals surface area contributed by atoms with Crippen molar-refractivity contribution >= 4 is 17.6 Å². The molecule has 0 saturated carbocycles. The molecule has 0 unspecified atom stereocenters. The van der Waals surface area contributed by atoms with Crippen molar-refractivity contribution in [3.63, 3.8) is 0 Å². The average Bonchev–Trinajstić information content (AvgIpc) is 2.92. The van der Waals surface area contributed by atoms with Gasteiger partial charge < -0.3 is 14.9 Å². The Morgan fingerprint density at radius 2 is 1.74 bits per heavy atom. The van der Waals surface area contributed by atoms with Crippen molar-refractivity contribution in [1.29, 1.82) is 0 Å². The highest BCUT2D eigenvalue weighted by molar-refractivity contribution is 5.84. The molecule has 1 N–H and O–H groups in total. The highest BCUT2D eigenvalue weighted by Gasteiger charge is 2.21. The molecule has 5 heteroatoms. The number of hydrogen-bond acceptors (Lipinski definition) is 3. The van der Waals surface area contributed by atoms with Crippen molar-refractivity contribution in [2.75, 3.05) is 31.1 Å². The molecular weight excluding hydrogens is 244 g/mol. The molecule has 5 nitrogen and oxygen atoms in total. The van der Waals surface area contributed by atoms with Crippen LogP contribution in [0, 0.1) is 0 Å².